The molecule has 6 nitrogen and oxygen atoms in total. The van der Waals surface area contributed by atoms with Crippen molar-refractivity contribution >= 4 is 21.5 Å². The largest absolute Gasteiger partial charge is 0.440 e. The topological polar surface area (TPSA) is 96.0 Å². The molecule has 3 rings (SSSR count). The minimum Gasteiger partial charge on any atom is -0.361 e. The van der Waals surface area contributed by atoms with Crippen LogP contribution in [-0.4, -0.2) is 37.8 Å². The SMILES string of the molecule is CCCCc1ccc(C2=NC(O)(C(F)(F)F)CN2c2ccc(S(N)(=O)=O)cc2)cc1. The Morgan fingerprint density at radius 1 is 1.13 bits per heavy atom. The number of hydrogen-bond donors (Lipinski definition) is 2. The zero-order chi connectivity index (χ0) is 22.2. The summed E-state index contributed by atoms with van der Waals surface area (Å²) in [6.45, 7) is 1.22. The number of hydrogen-bond acceptors (Lipinski definition) is 5. The van der Waals surface area contributed by atoms with Gasteiger partial charge in [-0.15, -0.1) is 0 Å². The molecule has 1 aliphatic rings. The van der Waals surface area contributed by atoms with Crippen molar-refractivity contribution in [3.8, 4) is 0 Å². The molecule has 0 fully saturated rings. The summed E-state index contributed by atoms with van der Waals surface area (Å²) in [6, 6.07) is 12.0. The highest BCUT2D eigenvalue weighted by atomic mass is 32.2. The molecule has 1 unspecified atom stereocenters. The lowest BCUT2D eigenvalue weighted by molar-refractivity contribution is -0.249. The quantitative estimate of drug-likeness (QED) is 0.720. The third kappa shape index (κ3) is 4.50. The fraction of sp³-hybridized carbons (Fsp3) is 0.350. The number of unbranched alkanes of at least 4 members (excludes halogenated alkanes) is 1. The van der Waals surface area contributed by atoms with Crippen LogP contribution in [0.25, 0.3) is 0 Å². The summed E-state index contributed by atoms with van der Waals surface area (Å²) in [5.41, 5.74) is -1.57. The third-order valence-electron chi connectivity index (χ3n) is 4.89. The molecule has 0 radical (unpaired) electrons. The van der Waals surface area contributed by atoms with Gasteiger partial charge in [-0.2, -0.15) is 13.2 Å². The smallest absolute Gasteiger partial charge is 0.361 e. The molecule has 1 heterocycles. The number of amidine groups is 1. The number of nitrogens with two attached hydrogens (primary N) is 1. The second-order valence-electron chi connectivity index (χ2n) is 7.18. The second kappa shape index (κ2) is 8.01. The Hall–Kier alpha value is -2.43. The molecule has 2 aromatic carbocycles. The number of alkyl halides is 3. The van der Waals surface area contributed by atoms with E-state index in [1.54, 1.807) is 12.1 Å². The molecule has 0 aliphatic carbocycles. The van der Waals surface area contributed by atoms with Crippen LogP contribution in [0.1, 0.15) is 30.9 Å². The van der Waals surface area contributed by atoms with Gasteiger partial charge >= 0.3 is 6.18 Å². The van der Waals surface area contributed by atoms with Gasteiger partial charge in [0.15, 0.2) is 0 Å². The summed E-state index contributed by atoms with van der Waals surface area (Å²) < 4.78 is 63.3. The highest BCUT2D eigenvalue weighted by molar-refractivity contribution is 7.89. The first-order chi connectivity index (χ1) is 13.9. The summed E-state index contributed by atoms with van der Waals surface area (Å²) in [5.74, 6) is -0.0553. The first kappa shape index (κ1) is 22.3. The molecule has 1 atom stereocenters. The standard InChI is InChI=1S/C20H22F3N3O3S/c1-2-3-4-14-5-7-15(8-6-14)18-25-19(27,20(21,22)23)13-26(18)16-9-11-17(12-10-16)30(24,28)29/h5-12,27H,2-4,13H2,1H3,(H2,24,28,29). The van der Waals surface area contributed by atoms with E-state index in [-0.39, 0.29) is 16.4 Å². The maximum atomic E-state index is 13.5. The van der Waals surface area contributed by atoms with E-state index in [1.165, 1.54) is 29.2 Å². The molecule has 0 saturated carbocycles. The number of nitrogens with zero attached hydrogens (tertiary/aromatic N) is 2. The van der Waals surface area contributed by atoms with Crippen molar-refractivity contribution in [3.63, 3.8) is 0 Å². The van der Waals surface area contributed by atoms with E-state index in [0.29, 0.717) is 5.56 Å². The van der Waals surface area contributed by atoms with E-state index < -0.39 is 28.5 Å². The summed E-state index contributed by atoms with van der Waals surface area (Å²) in [4.78, 5) is 4.65. The van der Waals surface area contributed by atoms with E-state index >= 15 is 0 Å². The van der Waals surface area contributed by atoms with E-state index in [4.69, 9.17) is 5.14 Å². The number of halogens is 3. The number of aliphatic hydroxyl groups is 1. The predicted octanol–water partition coefficient (Wildman–Crippen LogP) is 3.19. The van der Waals surface area contributed by atoms with Crippen LogP contribution in [-0.2, 0) is 16.4 Å². The van der Waals surface area contributed by atoms with Crippen LogP contribution >= 0.6 is 0 Å². The van der Waals surface area contributed by atoms with Gasteiger partial charge in [0.05, 0.1) is 11.4 Å². The fourth-order valence-corrected chi connectivity index (χ4v) is 3.69. The van der Waals surface area contributed by atoms with Crippen LogP contribution in [0.5, 0.6) is 0 Å². The third-order valence-corrected chi connectivity index (χ3v) is 5.82. The minimum atomic E-state index is -4.98. The molecule has 0 aromatic heterocycles. The van der Waals surface area contributed by atoms with Crippen LogP contribution < -0.4 is 10.0 Å². The maximum Gasteiger partial charge on any atom is 0.440 e. The van der Waals surface area contributed by atoms with Crippen molar-refractivity contribution < 1.29 is 26.7 Å². The van der Waals surface area contributed by atoms with Gasteiger partial charge in [-0.05, 0) is 42.7 Å². The molecule has 2 aromatic rings. The van der Waals surface area contributed by atoms with Crippen molar-refractivity contribution in [1.29, 1.82) is 0 Å². The van der Waals surface area contributed by atoms with Crippen molar-refractivity contribution in [1.82, 2.24) is 0 Å². The molecule has 30 heavy (non-hydrogen) atoms. The van der Waals surface area contributed by atoms with Gasteiger partial charge in [-0.25, -0.2) is 18.5 Å². The van der Waals surface area contributed by atoms with E-state index in [2.05, 4.69) is 11.9 Å². The van der Waals surface area contributed by atoms with Gasteiger partial charge in [-0.3, -0.25) is 0 Å². The number of β-amino-alcohol motifs (C(OH)–C–C–N with tert-alkyl or cyclic N) is 1. The molecule has 0 spiro atoms. The van der Waals surface area contributed by atoms with Crippen LogP contribution in [0.3, 0.4) is 0 Å². The van der Waals surface area contributed by atoms with Crippen molar-refractivity contribution in [2.24, 2.45) is 10.1 Å². The number of sulfonamides is 1. The molecular formula is C20H22F3N3O3S. The molecule has 0 saturated heterocycles. The molecule has 0 amide bonds. The lowest BCUT2D eigenvalue weighted by atomic mass is 10.1. The summed E-state index contributed by atoms with van der Waals surface area (Å²) in [7, 11) is -3.95. The minimum absolute atomic E-state index is 0.0553. The summed E-state index contributed by atoms with van der Waals surface area (Å²) in [6.07, 6.45) is -2.10. The number of benzene rings is 2. The van der Waals surface area contributed by atoms with Gasteiger partial charge in [0.25, 0.3) is 5.72 Å². The Morgan fingerprint density at radius 3 is 2.23 bits per heavy atom. The number of anilines is 1. The van der Waals surface area contributed by atoms with Gasteiger partial charge in [0.1, 0.15) is 5.84 Å². The van der Waals surface area contributed by atoms with Gasteiger partial charge in [0.2, 0.25) is 10.0 Å². The normalized spacial score (nSPS) is 19.8. The molecule has 3 N–H and O–H groups in total. The first-order valence-corrected chi connectivity index (χ1v) is 10.9. The lowest BCUT2D eigenvalue weighted by Gasteiger charge is -2.25. The van der Waals surface area contributed by atoms with E-state index in [9.17, 15) is 26.7 Å². The Labute approximate surface area is 172 Å². The van der Waals surface area contributed by atoms with E-state index in [1.807, 2.05) is 12.1 Å². The zero-order valence-corrected chi connectivity index (χ0v) is 17.0. The Kier molecular flexibility index (Phi) is 5.94. The Balaban J connectivity index is 2.00. The average molecular weight is 441 g/mol. The maximum absolute atomic E-state index is 13.5. The first-order valence-electron chi connectivity index (χ1n) is 9.33. The summed E-state index contributed by atoms with van der Waals surface area (Å²) >= 11 is 0. The van der Waals surface area contributed by atoms with Crippen LogP contribution in [0.2, 0.25) is 0 Å². The summed E-state index contributed by atoms with van der Waals surface area (Å²) in [5, 5.41) is 15.2. The monoisotopic (exact) mass is 441 g/mol. The van der Waals surface area contributed by atoms with Gasteiger partial charge < -0.3 is 10.0 Å². The highest BCUT2D eigenvalue weighted by Gasteiger charge is 2.58. The number of aryl methyl sites for hydroxylation is 1. The van der Waals surface area contributed by atoms with E-state index in [0.717, 1.165) is 24.8 Å². The Morgan fingerprint density at radius 2 is 1.73 bits per heavy atom. The lowest BCUT2D eigenvalue weighted by Crippen LogP contribution is -2.47. The molecule has 162 valence electrons. The Bertz CT molecular complexity index is 1040. The number of aliphatic imine (C=N–C) groups is 1. The van der Waals surface area contributed by atoms with Crippen molar-refractivity contribution in [2.45, 2.75) is 43.0 Å². The molecular weight excluding hydrogens is 419 g/mol. The molecule has 10 heteroatoms. The van der Waals surface area contributed by atoms with Crippen LogP contribution in [0, 0.1) is 0 Å². The van der Waals surface area contributed by atoms with Crippen molar-refractivity contribution in [2.75, 3.05) is 11.4 Å². The fourth-order valence-electron chi connectivity index (χ4n) is 3.17. The molecule has 0 bridgehead atoms. The second-order valence-corrected chi connectivity index (χ2v) is 8.74. The van der Waals surface area contributed by atoms with Crippen LogP contribution in [0.15, 0.2) is 58.4 Å². The van der Waals surface area contributed by atoms with Crippen LogP contribution in [0.4, 0.5) is 18.9 Å². The molecule has 1 aliphatic heterocycles. The number of rotatable bonds is 6. The van der Waals surface area contributed by atoms with Gasteiger partial charge in [0, 0.05) is 11.3 Å². The predicted molar refractivity (Wildman–Crippen MR) is 108 cm³/mol. The highest BCUT2D eigenvalue weighted by Crippen LogP contribution is 2.39. The average Bonchev–Trinajstić information content (AvgIpc) is 3.05. The van der Waals surface area contributed by atoms with Crippen molar-refractivity contribution in [3.05, 3.63) is 59.7 Å². The number of primary sulfonamides is 1. The zero-order valence-electron chi connectivity index (χ0n) is 16.2. The van der Waals surface area contributed by atoms with Gasteiger partial charge in [-0.1, -0.05) is 37.6 Å².